The van der Waals surface area contributed by atoms with E-state index in [2.05, 4.69) is 10.6 Å². The van der Waals surface area contributed by atoms with Crippen molar-refractivity contribution < 1.29 is 24.0 Å². The number of nitro groups is 1. The molecule has 0 saturated carbocycles. The molecule has 1 fully saturated rings. The number of allylic oxidation sites excluding steroid dienone is 2. The van der Waals surface area contributed by atoms with E-state index in [9.17, 15) is 24.5 Å². The van der Waals surface area contributed by atoms with Crippen molar-refractivity contribution in [1.82, 2.24) is 4.90 Å². The van der Waals surface area contributed by atoms with Crippen LogP contribution in [0.1, 0.15) is 29.6 Å². The molecular weight excluding hydrogens is 452 g/mol. The second kappa shape index (κ2) is 10.4. The first-order valence-corrected chi connectivity index (χ1v) is 11.4. The minimum absolute atomic E-state index is 0.137. The lowest BCUT2D eigenvalue weighted by molar-refractivity contribution is -0.384. The quantitative estimate of drug-likeness (QED) is 0.185. The number of nitro benzene ring substituents is 1. The number of benzene rings is 2. The third-order valence-electron chi connectivity index (χ3n) is 6.28. The zero-order valence-electron chi connectivity index (χ0n) is 19.2. The number of nitrogens with zero attached hydrogens (tertiary/aromatic N) is 2. The van der Waals surface area contributed by atoms with Crippen molar-refractivity contribution in [1.29, 1.82) is 0 Å². The molecule has 2 unspecified atom stereocenters. The molecule has 0 bridgehead atoms. The number of imide groups is 1. The van der Waals surface area contributed by atoms with Crippen LogP contribution in [0.4, 0.5) is 17.1 Å². The molecule has 2 aromatic carbocycles. The number of rotatable bonds is 9. The molecular formula is C25H26N4O6. The van der Waals surface area contributed by atoms with Gasteiger partial charge in [-0.3, -0.25) is 29.4 Å². The number of carbonyl (C=O) groups is 3. The van der Waals surface area contributed by atoms with Gasteiger partial charge in [0.25, 0.3) is 11.6 Å². The highest BCUT2D eigenvalue weighted by Crippen LogP contribution is 2.35. The molecule has 1 aliphatic carbocycles. The smallest absolute Gasteiger partial charge is 0.293 e. The second-order valence-electron chi connectivity index (χ2n) is 8.44. The number of amides is 3. The molecule has 1 saturated heterocycles. The highest BCUT2D eigenvalue weighted by Gasteiger charge is 2.46. The third-order valence-corrected chi connectivity index (χ3v) is 6.28. The van der Waals surface area contributed by atoms with Gasteiger partial charge in [0.1, 0.15) is 11.4 Å². The highest BCUT2D eigenvalue weighted by atomic mass is 16.6. The predicted molar refractivity (Wildman–Crippen MR) is 129 cm³/mol. The number of likely N-dealkylation sites (tertiary alicyclic amines) is 1. The molecule has 1 aliphatic heterocycles. The number of hydrogen-bond donors (Lipinski definition) is 2. The maximum Gasteiger partial charge on any atom is 0.293 e. The van der Waals surface area contributed by atoms with Crippen molar-refractivity contribution >= 4 is 34.8 Å². The lowest BCUT2D eigenvalue weighted by Crippen LogP contribution is -2.33. The molecule has 182 valence electrons. The number of hydrogen-bond acceptors (Lipinski definition) is 7. The van der Waals surface area contributed by atoms with Crippen LogP contribution in [-0.2, 0) is 9.59 Å². The highest BCUT2D eigenvalue weighted by molar-refractivity contribution is 6.06. The molecule has 2 aliphatic rings. The van der Waals surface area contributed by atoms with Crippen molar-refractivity contribution in [3.63, 3.8) is 0 Å². The molecule has 4 rings (SSSR count). The van der Waals surface area contributed by atoms with E-state index in [1.54, 1.807) is 24.3 Å². The van der Waals surface area contributed by atoms with Crippen LogP contribution in [0.2, 0.25) is 0 Å². The fourth-order valence-electron chi connectivity index (χ4n) is 4.40. The van der Waals surface area contributed by atoms with E-state index in [1.165, 1.54) is 30.2 Å². The number of ether oxygens (including phenoxy) is 1. The Morgan fingerprint density at radius 3 is 2.34 bits per heavy atom. The minimum Gasteiger partial charge on any atom is -0.497 e. The summed E-state index contributed by atoms with van der Waals surface area (Å²) in [5, 5.41) is 17.3. The number of carbonyl (C=O) groups excluding carboxylic acids is 3. The first kappa shape index (κ1) is 23.9. The Labute approximate surface area is 202 Å². The largest absolute Gasteiger partial charge is 0.497 e. The van der Waals surface area contributed by atoms with Gasteiger partial charge in [0.15, 0.2) is 0 Å². The average Bonchev–Trinajstić information content (AvgIpc) is 3.11. The van der Waals surface area contributed by atoms with Crippen molar-refractivity contribution in [2.24, 2.45) is 11.8 Å². The van der Waals surface area contributed by atoms with E-state index in [-0.39, 0.29) is 47.1 Å². The SMILES string of the molecule is COc1ccc(NC(=O)c2ccc(NCCCN3C(=O)C4CC=CCC4C3=O)c([N+](=O)[O-])c2)cc1. The second-order valence-corrected chi connectivity index (χ2v) is 8.44. The molecule has 1 heterocycles. The monoisotopic (exact) mass is 478 g/mol. The zero-order chi connectivity index (χ0) is 24.9. The van der Waals surface area contributed by atoms with Gasteiger partial charge in [0.05, 0.1) is 23.9 Å². The van der Waals surface area contributed by atoms with Crippen molar-refractivity contribution in [3.8, 4) is 5.75 Å². The van der Waals surface area contributed by atoms with Crippen LogP contribution in [0.3, 0.4) is 0 Å². The Bertz CT molecular complexity index is 1150. The first-order valence-electron chi connectivity index (χ1n) is 11.4. The molecule has 10 heteroatoms. The zero-order valence-corrected chi connectivity index (χ0v) is 19.2. The topological polar surface area (TPSA) is 131 Å². The van der Waals surface area contributed by atoms with Crippen LogP contribution in [0.15, 0.2) is 54.6 Å². The molecule has 35 heavy (non-hydrogen) atoms. The van der Waals surface area contributed by atoms with E-state index in [4.69, 9.17) is 4.74 Å². The van der Waals surface area contributed by atoms with Gasteiger partial charge in [0, 0.05) is 30.4 Å². The van der Waals surface area contributed by atoms with E-state index in [1.807, 2.05) is 12.2 Å². The number of nitrogens with one attached hydrogen (secondary N) is 2. The van der Waals surface area contributed by atoms with Gasteiger partial charge >= 0.3 is 0 Å². The molecule has 2 N–H and O–H groups in total. The van der Waals surface area contributed by atoms with Crippen molar-refractivity contribution in [3.05, 3.63) is 70.3 Å². The lowest BCUT2D eigenvalue weighted by Gasteiger charge is -2.15. The predicted octanol–water partition coefficient (Wildman–Crippen LogP) is 3.61. The summed E-state index contributed by atoms with van der Waals surface area (Å²) in [7, 11) is 1.54. The van der Waals surface area contributed by atoms with Crippen molar-refractivity contribution in [2.45, 2.75) is 19.3 Å². The number of methoxy groups -OCH3 is 1. The summed E-state index contributed by atoms with van der Waals surface area (Å²) in [6.07, 6.45) is 5.51. The summed E-state index contributed by atoms with van der Waals surface area (Å²) in [6, 6.07) is 10.9. The summed E-state index contributed by atoms with van der Waals surface area (Å²) in [4.78, 5) is 50.0. The summed E-state index contributed by atoms with van der Waals surface area (Å²) in [5.74, 6) is -0.642. The van der Waals surface area contributed by atoms with Gasteiger partial charge in [-0.2, -0.15) is 0 Å². The standard InChI is InChI=1S/C25H26N4O6/c1-35-18-10-8-17(9-11-18)27-23(30)16-7-12-21(22(15-16)29(33)34)26-13-4-14-28-24(31)19-5-2-3-6-20(19)25(28)32/h2-3,7-12,15,19-20,26H,4-6,13-14H2,1H3,(H,27,30). The molecule has 0 aromatic heterocycles. The number of anilines is 2. The molecule has 2 aromatic rings. The fourth-order valence-corrected chi connectivity index (χ4v) is 4.40. The Kier molecular flexibility index (Phi) is 7.09. The maximum atomic E-state index is 12.6. The van der Waals surface area contributed by atoms with Crippen LogP contribution < -0.4 is 15.4 Å². The van der Waals surface area contributed by atoms with Crippen LogP contribution in [0.25, 0.3) is 0 Å². The van der Waals surface area contributed by atoms with Gasteiger partial charge in [-0.15, -0.1) is 0 Å². The molecule has 10 nitrogen and oxygen atoms in total. The van der Waals surface area contributed by atoms with Gasteiger partial charge in [-0.25, -0.2) is 0 Å². The first-order chi connectivity index (χ1) is 16.9. The van der Waals surface area contributed by atoms with Crippen LogP contribution in [0, 0.1) is 22.0 Å². The molecule has 3 amide bonds. The van der Waals surface area contributed by atoms with E-state index in [0.29, 0.717) is 37.2 Å². The maximum absolute atomic E-state index is 12.6. The Hall–Kier alpha value is -4.21. The fraction of sp³-hybridized carbons (Fsp3) is 0.320. The van der Waals surface area contributed by atoms with Crippen molar-refractivity contribution in [2.75, 3.05) is 30.8 Å². The van der Waals surface area contributed by atoms with Crippen LogP contribution in [-0.4, -0.2) is 47.7 Å². The Morgan fingerprint density at radius 2 is 1.74 bits per heavy atom. The Morgan fingerprint density at radius 1 is 1.09 bits per heavy atom. The Balaban J connectivity index is 1.35. The van der Waals surface area contributed by atoms with E-state index < -0.39 is 10.8 Å². The summed E-state index contributed by atoms with van der Waals surface area (Å²) in [5.41, 5.74) is 0.690. The third kappa shape index (κ3) is 5.16. The minimum atomic E-state index is -0.558. The average molecular weight is 479 g/mol. The van der Waals surface area contributed by atoms with Gasteiger partial charge < -0.3 is 15.4 Å². The van der Waals surface area contributed by atoms with Gasteiger partial charge in [0.2, 0.25) is 11.8 Å². The van der Waals surface area contributed by atoms with E-state index in [0.717, 1.165) is 0 Å². The summed E-state index contributed by atoms with van der Waals surface area (Å²) >= 11 is 0. The normalized spacial score (nSPS) is 18.8. The lowest BCUT2D eigenvalue weighted by atomic mass is 9.85. The number of fused-ring (bicyclic) bond motifs is 1. The molecule has 0 spiro atoms. The van der Waals surface area contributed by atoms with E-state index >= 15 is 0 Å². The van der Waals surface area contributed by atoms with Gasteiger partial charge in [-0.1, -0.05) is 12.2 Å². The van der Waals surface area contributed by atoms with Crippen LogP contribution in [0.5, 0.6) is 5.75 Å². The molecule has 0 radical (unpaired) electrons. The van der Waals surface area contributed by atoms with Crippen LogP contribution >= 0.6 is 0 Å². The molecule has 2 atom stereocenters. The summed E-state index contributed by atoms with van der Waals surface area (Å²) < 4.78 is 5.08. The van der Waals surface area contributed by atoms with Gasteiger partial charge in [-0.05, 0) is 55.7 Å². The summed E-state index contributed by atoms with van der Waals surface area (Å²) in [6.45, 7) is 0.580.